The number of amides is 2. The first-order chi connectivity index (χ1) is 16.1. The van der Waals surface area contributed by atoms with Gasteiger partial charge in [-0.1, -0.05) is 25.1 Å². The number of nitrogens with zero attached hydrogens (tertiary/aromatic N) is 1. The molecule has 7 nitrogen and oxygen atoms in total. The van der Waals surface area contributed by atoms with Crippen molar-refractivity contribution in [2.24, 2.45) is 0 Å². The minimum Gasteiger partial charge on any atom is -0.497 e. The van der Waals surface area contributed by atoms with E-state index < -0.39 is 0 Å². The van der Waals surface area contributed by atoms with Gasteiger partial charge >= 0.3 is 0 Å². The molecule has 2 aromatic rings. The summed E-state index contributed by atoms with van der Waals surface area (Å²) in [6.07, 6.45) is 3.79. The number of ether oxygens (including phenoxy) is 3. The van der Waals surface area contributed by atoms with Crippen molar-refractivity contribution in [3.05, 3.63) is 54.1 Å². The van der Waals surface area contributed by atoms with E-state index in [-0.39, 0.29) is 24.5 Å². The third-order valence-electron chi connectivity index (χ3n) is 5.72. The van der Waals surface area contributed by atoms with Crippen LogP contribution in [0.5, 0.6) is 17.2 Å². The normalized spacial score (nSPS) is 13.9. The van der Waals surface area contributed by atoms with Crippen LogP contribution in [0.25, 0.3) is 0 Å². The molecule has 7 heteroatoms. The Labute approximate surface area is 196 Å². The van der Waals surface area contributed by atoms with E-state index >= 15 is 0 Å². The molecule has 0 spiro atoms. The quantitative estimate of drug-likeness (QED) is 0.488. The van der Waals surface area contributed by atoms with E-state index in [1.54, 1.807) is 7.11 Å². The molecular weight excluding hydrogens is 420 g/mol. The number of methoxy groups -OCH3 is 1. The maximum absolute atomic E-state index is 12.5. The van der Waals surface area contributed by atoms with Gasteiger partial charge in [-0.3, -0.25) is 9.59 Å². The zero-order valence-electron chi connectivity index (χ0n) is 19.5. The standard InChI is InChI=1S/C26H34N2O5/c1-3-23(27-25(29)11-8-18-32-21-14-12-20(31-2)13-15-21)22-9-4-5-10-24(22)33-19-26(30)28-16-6-7-17-28/h4-5,9-10,12-15,23H,3,6-8,11,16-19H2,1-2H3,(H,27,29). The number of carbonyl (C=O) groups is 2. The fraction of sp³-hybridized carbons (Fsp3) is 0.462. The highest BCUT2D eigenvalue weighted by Crippen LogP contribution is 2.27. The van der Waals surface area contributed by atoms with Gasteiger partial charge in [-0.2, -0.15) is 0 Å². The summed E-state index contributed by atoms with van der Waals surface area (Å²) in [5, 5.41) is 3.09. The first-order valence-electron chi connectivity index (χ1n) is 11.7. The molecule has 0 bridgehead atoms. The van der Waals surface area contributed by atoms with Crippen LogP contribution in [0.15, 0.2) is 48.5 Å². The lowest BCUT2D eigenvalue weighted by Crippen LogP contribution is -2.32. The Kier molecular flexibility index (Phi) is 9.42. The predicted molar refractivity (Wildman–Crippen MR) is 127 cm³/mol. The van der Waals surface area contributed by atoms with Gasteiger partial charge in [-0.05, 0) is 56.0 Å². The molecule has 1 unspecified atom stereocenters. The van der Waals surface area contributed by atoms with Crippen LogP contribution in [0.2, 0.25) is 0 Å². The molecule has 2 amide bonds. The summed E-state index contributed by atoms with van der Waals surface area (Å²) in [5.41, 5.74) is 0.886. The van der Waals surface area contributed by atoms with Crippen LogP contribution in [-0.4, -0.2) is 50.1 Å². The molecule has 33 heavy (non-hydrogen) atoms. The molecular formula is C26H34N2O5. The summed E-state index contributed by atoms with van der Waals surface area (Å²) in [6, 6.07) is 14.8. The minimum absolute atomic E-state index is 0.0104. The first-order valence-corrected chi connectivity index (χ1v) is 11.7. The molecule has 1 heterocycles. The summed E-state index contributed by atoms with van der Waals surface area (Å²) in [5.74, 6) is 2.13. The molecule has 1 fully saturated rings. The Bertz CT molecular complexity index is 894. The van der Waals surface area contributed by atoms with Gasteiger partial charge in [0.25, 0.3) is 5.91 Å². The first kappa shape index (κ1) is 24.4. The molecule has 178 valence electrons. The van der Waals surface area contributed by atoms with Crippen molar-refractivity contribution in [2.75, 3.05) is 33.4 Å². The summed E-state index contributed by atoms with van der Waals surface area (Å²) < 4.78 is 16.7. The van der Waals surface area contributed by atoms with Crippen molar-refractivity contribution in [2.45, 2.75) is 45.1 Å². The van der Waals surface area contributed by atoms with E-state index in [1.165, 1.54) is 0 Å². The van der Waals surface area contributed by atoms with Crippen molar-refractivity contribution >= 4 is 11.8 Å². The largest absolute Gasteiger partial charge is 0.497 e. The third kappa shape index (κ3) is 7.41. The Balaban J connectivity index is 1.46. The van der Waals surface area contributed by atoms with Crippen LogP contribution >= 0.6 is 0 Å². The lowest BCUT2D eigenvalue weighted by atomic mass is 10.0. The average Bonchev–Trinajstić information content (AvgIpc) is 3.39. The molecule has 0 radical (unpaired) electrons. The molecule has 0 saturated carbocycles. The number of nitrogens with one attached hydrogen (secondary N) is 1. The maximum Gasteiger partial charge on any atom is 0.260 e. The second kappa shape index (κ2) is 12.7. The molecule has 1 atom stereocenters. The summed E-state index contributed by atoms with van der Waals surface area (Å²) in [7, 11) is 1.62. The van der Waals surface area contributed by atoms with Crippen LogP contribution in [-0.2, 0) is 9.59 Å². The lowest BCUT2D eigenvalue weighted by Gasteiger charge is -2.22. The van der Waals surface area contributed by atoms with Gasteiger partial charge in [-0.25, -0.2) is 0 Å². The van der Waals surface area contributed by atoms with Gasteiger partial charge in [0, 0.05) is 25.1 Å². The Morgan fingerprint density at radius 3 is 2.39 bits per heavy atom. The van der Waals surface area contributed by atoms with Crippen molar-refractivity contribution < 1.29 is 23.8 Å². The van der Waals surface area contributed by atoms with Gasteiger partial charge in [-0.15, -0.1) is 0 Å². The van der Waals surface area contributed by atoms with E-state index in [4.69, 9.17) is 14.2 Å². The maximum atomic E-state index is 12.5. The highest BCUT2D eigenvalue weighted by atomic mass is 16.5. The molecule has 3 rings (SSSR count). The fourth-order valence-electron chi connectivity index (χ4n) is 3.86. The summed E-state index contributed by atoms with van der Waals surface area (Å²) in [6.45, 7) is 4.10. The highest BCUT2D eigenvalue weighted by molar-refractivity contribution is 5.78. The number of rotatable bonds is 12. The number of hydrogen-bond acceptors (Lipinski definition) is 5. The van der Waals surface area contributed by atoms with Gasteiger partial charge in [0.05, 0.1) is 19.8 Å². The number of carbonyl (C=O) groups excluding carboxylic acids is 2. The van der Waals surface area contributed by atoms with Gasteiger partial charge in [0.1, 0.15) is 17.2 Å². The minimum atomic E-state index is -0.182. The summed E-state index contributed by atoms with van der Waals surface area (Å²) >= 11 is 0. The summed E-state index contributed by atoms with van der Waals surface area (Å²) in [4.78, 5) is 26.7. The van der Waals surface area contributed by atoms with Crippen LogP contribution in [0.4, 0.5) is 0 Å². The van der Waals surface area contributed by atoms with Crippen molar-refractivity contribution in [1.29, 1.82) is 0 Å². The van der Waals surface area contributed by atoms with E-state index in [1.807, 2.05) is 60.4 Å². The average molecular weight is 455 g/mol. The molecule has 1 N–H and O–H groups in total. The predicted octanol–water partition coefficient (Wildman–Crippen LogP) is 4.12. The van der Waals surface area contributed by atoms with Crippen LogP contribution < -0.4 is 19.5 Å². The number of para-hydroxylation sites is 1. The van der Waals surface area contributed by atoms with Gasteiger partial charge in [0.15, 0.2) is 6.61 Å². The van der Waals surface area contributed by atoms with E-state index in [0.29, 0.717) is 31.6 Å². The van der Waals surface area contributed by atoms with Crippen molar-refractivity contribution in [3.63, 3.8) is 0 Å². The van der Waals surface area contributed by atoms with Crippen molar-refractivity contribution in [3.8, 4) is 17.2 Å². The Morgan fingerprint density at radius 2 is 1.70 bits per heavy atom. The van der Waals surface area contributed by atoms with Crippen LogP contribution in [0.1, 0.15) is 50.6 Å². The molecule has 0 aliphatic carbocycles. The second-order valence-electron chi connectivity index (χ2n) is 8.07. The van der Waals surface area contributed by atoms with E-state index in [2.05, 4.69) is 5.32 Å². The van der Waals surface area contributed by atoms with Gasteiger partial charge in [0.2, 0.25) is 5.91 Å². The molecule has 1 saturated heterocycles. The van der Waals surface area contributed by atoms with Crippen LogP contribution in [0.3, 0.4) is 0 Å². The zero-order valence-corrected chi connectivity index (χ0v) is 19.5. The molecule has 1 aliphatic rings. The number of likely N-dealkylation sites (tertiary alicyclic amines) is 1. The fourth-order valence-corrected chi connectivity index (χ4v) is 3.86. The smallest absolute Gasteiger partial charge is 0.260 e. The Hall–Kier alpha value is -3.22. The second-order valence-corrected chi connectivity index (χ2v) is 8.07. The molecule has 2 aromatic carbocycles. The third-order valence-corrected chi connectivity index (χ3v) is 5.72. The molecule has 1 aliphatic heterocycles. The zero-order chi connectivity index (χ0) is 23.5. The highest BCUT2D eigenvalue weighted by Gasteiger charge is 2.20. The lowest BCUT2D eigenvalue weighted by molar-refractivity contribution is -0.132. The monoisotopic (exact) mass is 454 g/mol. The SMILES string of the molecule is CCC(NC(=O)CCCOc1ccc(OC)cc1)c1ccccc1OCC(=O)N1CCCC1. The van der Waals surface area contributed by atoms with Gasteiger partial charge < -0.3 is 24.4 Å². The van der Waals surface area contributed by atoms with Crippen LogP contribution in [0, 0.1) is 0 Å². The Morgan fingerprint density at radius 1 is 1.00 bits per heavy atom. The number of benzene rings is 2. The van der Waals surface area contributed by atoms with Crippen molar-refractivity contribution in [1.82, 2.24) is 10.2 Å². The molecule has 0 aromatic heterocycles. The van der Waals surface area contributed by atoms with E-state index in [0.717, 1.165) is 43.0 Å². The number of hydrogen-bond donors (Lipinski definition) is 1. The van der Waals surface area contributed by atoms with E-state index in [9.17, 15) is 9.59 Å². The topological polar surface area (TPSA) is 77.1 Å².